The first-order valence-electron chi connectivity index (χ1n) is 6.02. The molecular formula is C13H17N3O2. The van der Waals surface area contributed by atoms with E-state index < -0.39 is 0 Å². The van der Waals surface area contributed by atoms with Crippen LogP contribution in [-0.4, -0.2) is 24.9 Å². The lowest BCUT2D eigenvalue weighted by molar-refractivity contribution is -0.118. The molecule has 1 aromatic rings. The fourth-order valence-corrected chi connectivity index (χ4v) is 1.95. The third kappa shape index (κ3) is 3.07. The monoisotopic (exact) mass is 247 g/mol. The Hall–Kier alpha value is -1.88. The topological polar surface area (TPSA) is 70.2 Å². The maximum atomic E-state index is 11.8. The first-order chi connectivity index (χ1) is 8.66. The van der Waals surface area contributed by atoms with Crippen LogP contribution in [-0.2, 0) is 17.9 Å². The Kier molecular flexibility index (Phi) is 3.94. The van der Waals surface area contributed by atoms with Crippen LogP contribution < -0.4 is 16.0 Å². The summed E-state index contributed by atoms with van der Waals surface area (Å²) in [5, 5.41) is 8.64. The molecule has 2 rings (SSSR count). The molecule has 0 spiro atoms. The summed E-state index contributed by atoms with van der Waals surface area (Å²) in [7, 11) is 0. The maximum Gasteiger partial charge on any atom is 0.251 e. The van der Waals surface area contributed by atoms with Crippen LogP contribution in [0.1, 0.15) is 28.4 Å². The minimum Gasteiger partial charge on any atom is -0.355 e. The van der Waals surface area contributed by atoms with E-state index in [2.05, 4.69) is 16.0 Å². The van der Waals surface area contributed by atoms with Gasteiger partial charge in [-0.05, 0) is 23.3 Å². The van der Waals surface area contributed by atoms with Gasteiger partial charge < -0.3 is 16.0 Å². The summed E-state index contributed by atoms with van der Waals surface area (Å²) in [4.78, 5) is 22.5. The van der Waals surface area contributed by atoms with Crippen molar-refractivity contribution in [1.29, 1.82) is 0 Å². The second kappa shape index (κ2) is 5.64. The van der Waals surface area contributed by atoms with Gasteiger partial charge in [-0.3, -0.25) is 9.59 Å². The minimum atomic E-state index is -0.102. The third-order valence-electron chi connectivity index (χ3n) is 2.88. The Balaban J connectivity index is 1.87. The highest BCUT2D eigenvalue weighted by atomic mass is 16.2. The van der Waals surface area contributed by atoms with E-state index in [0.717, 1.165) is 13.1 Å². The highest BCUT2D eigenvalue weighted by molar-refractivity contribution is 5.94. The van der Waals surface area contributed by atoms with Crippen LogP contribution in [0, 0.1) is 0 Å². The molecule has 2 amide bonds. The Bertz CT molecular complexity index is 471. The third-order valence-corrected chi connectivity index (χ3v) is 2.88. The van der Waals surface area contributed by atoms with Crippen molar-refractivity contribution in [3.8, 4) is 0 Å². The van der Waals surface area contributed by atoms with Crippen LogP contribution in [0.25, 0.3) is 0 Å². The van der Waals surface area contributed by atoms with Crippen molar-refractivity contribution in [3.05, 3.63) is 34.9 Å². The molecule has 18 heavy (non-hydrogen) atoms. The van der Waals surface area contributed by atoms with Gasteiger partial charge in [0.25, 0.3) is 5.91 Å². The van der Waals surface area contributed by atoms with E-state index in [9.17, 15) is 9.59 Å². The molecule has 0 fully saturated rings. The van der Waals surface area contributed by atoms with Gasteiger partial charge in [0.1, 0.15) is 0 Å². The largest absolute Gasteiger partial charge is 0.355 e. The standard InChI is InChI=1S/C13H17N3O2/c1-9(17)15-4-5-16-13(18)10-2-3-11-7-14-8-12(11)6-10/h2-3,6,14H,4-5,7-8H2,1H3,(H,15,17)(H,16,18). The average molecular weight is 247 g/mol. The van der Waals surface area contributed by atoms with E-state index in [1.807, 2.05) is 18.2 Å². The first-order valence-corrected chi connectivity index (χ1v) is 6.02. The Morgan fingerprint density at radius 1 is 1.17 bits per heavy atom. The number of carbonyl (C=O) groups is 2. The predicted molar refractivity (Wildman–Crippen MR) is 68.0 cm³/mol. The molecule has 0 radical (unpaired) electrons. The summed E-state index contributed by atoms with van der Waals surface area (Å²) in [6, 6.07) is 5.74. The molecule has 0 aromatic heterocycles. The number of benzene rings is 1. The smallest absolute Gasteiger partial charge is 0.251 e. The number of carbonyl (C=O) groups excluding carboxylic acids is 2. The van der Waals surface area contributed by atoms with E-state index in [4.69, 9.17) is 0 Å². The summed E-state index contributed by atoms with van der Waals surface area (Å²) < 4.78 is 0. The lowest BCUT2D eigenvalue weighted by Gasteiger charge is -2.07. The molecule has 0 saturated heterocycles. The predicted octanol–water partition coefficient (Wildman–Crippen LogP) is 0.156. The molecule has 1 aliphatic heterocycles. The van der Waals surface area contributed by atoms with E-state index in [1.165, 1.54) is 18.1 Å². The van der Waals surface area contributed by atoms with Gasteiger partial charge in [0, 0.05) is 38.7 Å². The van der Waals surface area contributed by atoms with Gasteiger partial charge in [-0.25, -0.2) is 0 Å². The normalized spacial score (nSPS) is 12.9. The Labute approximate surface area is 106 Å². The summed E-state index contributed by atoms with van der Waals surface area (Å²) in [5.41, 5.74) is 3.11. The van der Waals surface area contributed by atoms with E-state index >= 15 is 0 Å². The van der Waals surface area contributed by atoms with Crippen LogP contribution in [0.5, 0.6) is 0 Å². The van der Waals surface area contributed by atoms with Crippen molar-refractivity contribution >= 4 is 11.8 Å². The van der Waals surface area contributed by atoms with Crippen molar-refractivity contribution in [3.63, 3.8) is 0 Å². The van der Waals surface area contributed by atoms with Crippen LogP contribution in [0.15, 0.2) is 18.2 Å². The highest BCUT2D eigenvalue weighted by Gasteiger charge is 2.12. The lowest BCUT2D eigenvalue weighted by Crippen LogP contribution is -2.33. The van der Waals surface area contributed by atoms with Crippen molar-refractivity contribution < 1.29 is 9.59 Å². The molecule has 1 aliphatic rings. The lowest BCUT2D eigenvalue weighted by atomic mass is 10.1. The van der Waals surface area contributed by atoms with E-state index in [1.54, 1.807) is 0 Å². The van der Waals surface area contributed by atoms with Gasteiger partial charge in [-0.1, -0.05) is 6.07 Å². The number of hydrogen-bond donors (Lipinski definition) is 3. The van der Waals surface area contributed by atoms with Gasteiger partial charge >= 0.3 is 0 Å². The van der Waals surface area contributed by atoms with Crippen molar-refractivity contribution in [2.45, 2.75) is 20.0 Å². The van der Waals surface area contributed by atoms with Crippen molar-refractivity contribution in [1.82, 2.24) is 16.0 Å². The van der Waals surface area contributed by atoms with Gasteiger partial charge in [0.05, 0.1) is 0 Å². The quantitative estimate of drug-likeness (QED) is 0.664. The molecule has 3 N–H and O–H groups in total. The van der Waals surface area contributed by atoms with Crippen LogP contribution >= 0.6 is 0 Å². The second-order valence-corrected chi connectivity index (χ2v) is 4.33. The zero-order valence-electron chi connectivity index (χ0n) is 10.4. The Morgan fingerprint density at radius 2 is 1.89 bits per heavy atom. The molecule has 96 valence electrons. The van der Waals surface area contributed by atoms with Gasteiger partial charge in [-0.15, -0.1) is 0 Å². The summed E-state index contributed by atoms with van der Waals surface area (Å²) in [6.45, 7) is 4.04. The minimum absolute atomic E-state index is 0.0899. The summed E-state index contributed by atoms with van der Waals surface area (Å²) >= 11 is 0. The number of hydrogen-bond acceptors (Lipinski definition) is 3. The molecule has 1 aromatic carbocycles. The highest BCUT2D eigenvalue weighted by Crippen LogP contribution is 2.16. The molecule has 0 saturated carbocycles. The zero-order chi connectivity index (χ0) is 13.0. The SMILES string of the molecule is CC(=O)NCCNC(=O)c1ccc2c(c1)CNC2. The maximum absolute atomic E-state index is 11.8. The number of rotatable bonds is 4. The van der Waals surface area contributed by atoms with E-state index in [-0.39, 0.29) is 11.8 Å². The van der Waals surface area contributed by atoms with Crippen LogP contribution in [0.2, 0.25) is 0 Å². The fourth-order valence-electron chi connectivity index (χ4n) is 1.95. The number of fused-ring (bicyclic) bond motifs is 1. The molecule has 0 aliphatic carbocycles. The zero-order valence-corrected chi connectivity index (χ0v) is 10.4. The average Bonchev–Trinajstić information content (AvgIpc) is 2.81. The van der Waals surface area contributed by atoms with Crippen LogP contribution in [0.3, 0.4) is 0 Å². The molecule has 1 heterocycles. The molecule has 0 bridgehead atoms. The van der Waals surface area contributed by atoms with Gasteiger partial charge in [0.15, 0.2) is 0 Å². The Morgan fingerprint density at radius 3 is 2.67 bits per heavy atom. The first kappa shape index (κ1) is 12.6. The van der Waals surface area contributed by atoms with Crippen molar-refractivity contribution in [2.24, 2.45) is 0 Å². The van der Waals surface area contributed by atoms with Gasteiger partial charge in [0.2, 0.25) is 5.91 Å². The summed E-state index contributed by atoms with van der Waals surface area (Å²) in [6.07, 6.45) is 0. The number of amides is 2. The van der Waals surface area contributed by atoms with Crippen molar-refractivity contribution in [2.75, 3.05) is 13.1 Å². The second-order valence-electron chi connectivity index (χ2n) is 4.33. The fraction of sp³-hybridized carbons (Fsp3) is 0.385. The number of nitrogens with one attached hydrogen (secondary N) is 3. The molecular weight excluding hydrogens is 230 g/mol. The molecule has 5 heteroatoms. The van der Waals surface area contributed by atoms with Gasteiger partial charge in [-0.2, -0.15) is 0 Å². The molecule has 5 nitrogen and oxygen atoms in total. The summed E-state index contributed by atoms with van der Waals surface area (Å²) in [5.74, 6) is -0.192. The van der Waals surface area contributed by atoms with E-state index in [0.29, 0.717) is 18.7 Å². The van der Waals surface area contributed by atoms with Crippen LogP contribution in [0.4, 0.5) is 0 Å². The molecule has 0 unspecified atom stereocenters. The molecule has 0 atom stereocenters.